The van der Waals surface area contributed by atoms with Gasteiger partial charge in [0.15, 0.2) is 5.96 Å². The summed E-state index contributed by atoms with van der Waals surface area (Å²) in [6, 6.07) is 2.25. The summed E-state index contributed by atoms with van der Waals surface area (Å²) in [7, 11) is 4.21. The standard InChI is InChI=1S/C19H35N5/c1-14(22(3)16-7-8-16)10-21-19(20-2)24-12-15-11-23-9-5-4-6-18(23)17(15)13-24/h14-18H,4-13H2,1-3H3,(H,20,21). The van der Waals surface area contributed by atoms with Gasteiger partial charge in [-0.15, -0.1) is 0 Å². The van der Waals surface area contributed by atoms with Crippen LogP contribution in [0.15, 0.2) is 4.99 Å². The van der Waals surface area contributed by atoms with Crippen LogP contribution in [-0.2, 0) is 0 Å². The normalized spacial score (nSPS) is 35.2. The molecule has 0 radical (unpaired) electrons. The molecule has 3 aliphatic heterocycles. The van der Waals surface area contributed by atoms with Crippen LogP contribution in [0.5, 0.6) is 0 Å². The summed E-state index contributed by atoms with van der Waals surface area (Å²) >= 11 is 0. The van der Waals surface area contributed by atoms with Gasteiger partial charge in [0, 0.05) is 51.4 Å². The minimum Gasteiger partial charge on any atom is -0.355 e. The average molecular weight is 334 g/mol. The van der Waals surface area contributed by atoms with Gasteiger partial charge in [-0.05, 0) is 58.0 Å². The lowest BCUT2D eigenvalue weighted by molar-refractivity contribution is 0.163. The smallest absolute Gasteiger partial charge is 0.193 e. The van der Waals surface area contributed by atoms with Gasteiger partial charge in [0.05, 0.1) is 0 Å². The number of nitrogens with one attached hydrogen (secondary N) is 1. The predicted octanol–water partition coefficient (Wildman–Crippen LogP) is 1.46. The van der Waals surface area contributed by atoms with Crippen molar-refractivity contribution in [3.63, 3.8) is 0 Å². The number of rotatable bonds is 4. The first-order chi connectivity index (χ1) is 11.7. The summed E-state index contributed by atoms with van der Waals surface area (Å²) in [6.45, 7) is 8.40. The molecule has 136 valence electrons. The number of fused-ring (bicyclic) bond motifs is 3. The predicted molar refractivity (Wildman–Crippen MR) is 99.4 cm³/mol. The topological polar surface area (TPSA) is 34.1 Å². The average Bonchev–Trinajstić information content (AvgIpc) is 3.27. The van der Waals surface area contributed by atoms with E-state index in [9.17, 15) is 0 Å². The first kappa shape index (κ1) is 16.6. The fraction of sp³-hybridized carbons (Fsp3) is 0.947. The van der Waals surface area contributed by atoms with E-state index in [4.69, 9.17) is 0 Å². The molecule has 1 aliphatic carbocycles. The number of piperidine rings is 1. The van der Waals surface area contributed by atoms with Gasteiger partial charge in [0.2, 0.25) is 0 Å². The molecule has 0 spiro atoms. The highest BCUT2D eigenvalue weighted by molar-refractivity contribution is 5.80. The molecule has 4 aliphatic rings. The van der Waals surface area contributed by atoms with Crippen LogP contribution in [0.1, 0.15) is 39.0 Å². The van der Waals surface area contributed by atoms with E-state index in [-0.39, 0.29) is 0 Å². The van der Waals surface area contributed by atoms with Crippen molar-refractivity contribution >= 4 is 5.96 Å². The van der Waals surface area contributed by atoms with Gasteiger partial charge >= 0.3 is 0 Å². The molecule has 0 aromatic heterocycles. The highest BCUT2D eigenvalue weighted by Crippen LogP contribution is 2.40. The van der Waals surface area contributed by atoms with Gasteiger partial charge < -0.3 is 10.2 Å². The third-order valence-electron chi connectivity index (χ3n) is 7.00. The van der Waals surface area contributed by atoms with Crippen LogP contribution in [-0.4, -0.2) is 85.6 Å². The monoisotopic (exact) mass is 333 g/mol. The maximum atomic E-state index is 4.59. The SMILES string of the molecule is CN=C(NCC(C)N(C)C1CC1)N1CC2CN3CCCCC3C2C1. The van der Waals surface area contributed by atoms with Gasteiger partial charge in [0.25, 0.3) is 0 Å². The molecule has 1 saturated carbocycles. The second kappa shape index (κ2) is 6.83. The highest BCUT2D eigenvalue weighted by atomic mass is 15.3. The Morgan fingerprint density at radius 2 is 2.04 bits per heavy atom. The Labute approximate surface area is 147 Å². The van der Waals surface area contributed by atoms with Crippen LogP contribution in [0.2, 0.25) is 0 Å². The van der Waals surface area contributed by atoms with Crippen molar-refractivity contribution in [1.82, 2.24) is 20.0 Å². The van der Waals surface area contributed by atoms with Crippen molar-refractivity contribution in [1.29, 1.82) is 0 Å². The summed E-state index contributed by atoms with van der Waals surface area (Å²) in [5, 5.41) is 3.66. The zero-order chi connectivity index (χ0) is 16.7. The number of likely N-dealkylation sites (N-methyl/N-ethyl adjacent to an activating group) is 1. The van der Waals surface area contributed by atoms with Gasteiger partial charge in [-0.25, -0.2) is 0 Å². The van der Waals surface area contributed by atoms with Crippen LogP contribution in [0, 0.1) is 11.8 Å². The fourth-order valence-corrected chi connectivity index (χ4v) is 5.28. The minimum absolute atomic E-state index is 0.574. The highest BCUT2D eigenvalue weighted by Gasteiger charge is 2.47. The maximum absolute atomic E-state index is 4.59. The molecule has 3 heterocycles. The zero-order valence-corrected chi connectivity index (χ0v) is 15.7. The first-order valence-electron chi connectivity index (χ1n) is 10.1. The number of nitrogens with zero attached hydrogens (tertiary/aromatic N) is 4. The van der Waals surface area contributed by atoms with Crippen LogP contribution < -0.4 is 5.32 Å². The summed E-state index contributed by atoms with van der Waals surface area (Å²) in [5.41, 5.74) is 0. The molecule has 0 bridgehead atoms. The third kappa shape index (κ3) is 3.17. The van der Waals surface area contributed by atoms with Gasteiger partial charge in [-0.2, -0.15) is 0 Å². The first-order valence-corrected chi connectivity index (χ1v) is 10.1. The number of aliphatic imine (C=N–C) groups is 1. The molecule has 5 heteroatoms. The van der Waals surface area contributed by atoms with E-state index in [2.05, 4.69) is 39.0 Å². The molecule has 4 rings (SSSR count). The zero-order valence-electron chi connectivity index (χ0n) is 15.7. The van der Waals surface area contributed by atoms with E-state index < -0.39 is 0 Å². The van der Waals surface area contributed by atoms with Crippen molar-refractivity contribution in [3.05, 3.63) is 0 Å². The maximum Gasteiger partial charge on any atom is 0.193 e. The van der Waals surface area contributed by atoms with Gasteiger partial charge in [-0.3, -0.25) is 14.8 Å². The number of hydrogen-bond donors (Lipinski definition) is 1. The van der Waals surface area contributed by atoms with Crippen molar-refractivity contribution in [3.8, 4) is 0 Å². The van der Waals surface area contributed by atoms with Crippen LogP contribution in [0.4, 0.5) is 0 Å². The summed E-state index contributed by atoms with van der Waals surface area (Å²) in [6.07, 6.45) is 7.02. The second-order valence-electron chi connectivity index (χ2n) is 8.56. The van der Waals surface area contributed by atoms with E-state index in [1.165, 1.54) is 58.3 Å². The number of hydrogen-bond acceptors (Lipinski definition) is 3. The molecular weight excluding hydrogens is 298 g/mol. The van der Waals surface area contributed by atoms with E-state index in [1.54, 1.807) is 0 Å². The van der Waals surface area contributed by atoms with Crippen LogP contribution >= 0.6 is 0 Å². The Bertz CT molecular complexity index is 474. The van der Waals surface area contributed by atoms with Crippen molar-refractivity contribution in [2.75, 3.05) is 46.8 Å². The van der Waals surface area contributed by atoms with E-state index >= 15 is 0 Å². The second-order valence-corrected chi connectivity index (χ2v) is 8.56. The Hall–Kier alpha value is -0.810. The molecule has 0 aromatic rings. The van der Waals surface area contributed by atoms with Crippen LogP contribution in [0.25, 0.3) is 0 Å². The van der Waals surface area contributed by atoms with E-state index in [0.717, 1.165) is 36.4 Å². The molecule has 5 nitrogen and oxygen atoms in total. The quantitative estimate of drug-likeness (QED) is 0.624. The molecule has 3 saturated heterocycles. The Kier molecular flexibility index (Phi) is 4.74. The molecule has 1 N–H and O–H groups in total. The van der Waals surface area contributed by atoms with Gasteiger partial charge in [-0.1, -0.05) is 6.42 Å². The lowest BCUT2D eigenvalue weighted by atomic mass is 9.90. The lowest BCUT2D eigenvalue weighted by Gasteiger charge is -2.34. The van der Waals surface area contributed by atoms with Gasteiger partial charge in [0.1, 0.15) is 0 Å². The molecule has 0 amide bonds. The molecule has 0 aromatic carbocycles. The van der Waals surface area contributed by atoms with Crippen molar-refractivity contribution in [2.45, 2.75) is 57.2 Å². The third-order valence-corrected chi connectivity index (χ3v) is 7.00. The molecule has 24 heavy (non-hydrogen) atoms. The summed E-state index contributed by atoms with van der Waals surface area (Å²) in [5.74, 6) is 2.86. The fourth-order valence-electron chi connectivity index (χ4n) is 5.28. The molecule has 4 unspecified atom stereocenters. The number of likely N-dealkylation sites (tertiary alicyclic amines) is 1. The van der Waals surface area contributed by atoms with E-state index in [0.29, 0.717) is 6.04 Å². The van der Waals surface area contributed by atoms with Crippen molar-refractivity contribution < 1.29 is 0 Å². The molecule has 4 atom stereocenters. The summed E-state index contributed by atoms with van der Waals surface area (Å²) < 4.78 is 0. The largest absolute Gasteiger partial charge is 0.355 e. The minimum atomic E-state index is 0.574. The Balaban J connectivity index is 1.30. The lowest BCUT2D eigenvalue weighted by Crippen LogP contribution is -2.48. The molecular formula is C19H35N5. The van der Waals surface area contributed by atoms with Crippen molar-refractivity contribution in [2.24, 2.45) is 16.8 Å². The Morgan fingerprint density at radius 1 is 1.21 bits per heavy atom. The van der Waals surface area contributed by atoms with E-state index in [1.807, 2.05) is 7.05 Å². The molecule has 4 fully saturated rings. The van der Waals surface area contributed by atoms with Crippen LogP contribution in [0.3, 0.4) is 0 Å². The number of guanidine groups is 1. The Morgan fingerprint density at radius 3 is 2.79 bits per heavy atom. The summed E-state index contributed by atoms with van der Waals surface area (Å²) in [4.78, 5) is 12.4.